The number of aliphatic hydroxyl groups is 1. The quantitative estimate of drug-likeness (QED) is 0.514. The maximum Gasteiger partial charge on any atom is 0.248 e. The number of aliphatic hydroxyl groups excluding tert-OH is 1. The Morgan fingerprint density at radius 3 is 2.69 bits per heavy atom. The molecule has 0 saturated heterocycles. The van der Waals surface area contributed by atoms with Crippen molar-refractivity contribution in [3.8, 4) is 22.5 Å². The number of benzene rings is 1. The van der Waals surface area contributed by atoms with Gasteiger partial charge in [-0.2, -0.15) is 5.10 Å². The highest BCUT2D eigenvalue weighted by molar-refractivity contribution is 6.03. The molecule has 0 aliphatic carbocycles. The summed E-state index contributed by atoms with van der Waals surface area (Å²) in [5.41, 5.74) is 12.8. The molecule has 4 aromatic rings. The zero-order valence-corrected chi connectivity index (χ0v) is 18.5. The van der Waals surface area contributed by atoms with Gasteiger partial charge in [0.15, 0.2) is 0 Å². The van der Waals surface area contributed by atoms with E-state index in [4.69, 9.17) is 20.9 Å². The number of hydrogen-bond donors (Lipinski definition) is 2. The summed E-state index contributed by atoms with van der Waals surface area (Å²) in [4.78, 5) is 20.9. The Morgan fingerprint density at radius 2 is 1.97 bits per heavy atom. The first-order valence-corrected chi connectivity index (χ1v) is 10.8. The molecule has 1 amide bonds. The summed E-state index contributed by atoms with van der Waals surface area (Å²) in [5.74, 6) is -0.447. The second kappa shape index (κ2) is 8.88. The van der Waals surface area contributed by atoms with Crippen LogP contribution < -0.4 is 5.73 Å². The van der Waals surface area contributed by atoms with Gasteiger partial charge in [-0.25, -0.2) is 0 Å². The fourth-order valence-corrected chi connectivity index (χ4v) is 3.99. The molecule has 0 atom stereocenters. The van der Waals surface area contributed by atoms with Gasteiger partial charge in [-0.05, 0) is 75.6 Å². The minimum absolute atomic E-state index is 0.167. The predicted molar refractivity (Wildman–Crippen MR) is 125 cm³/mol. The minimum atomic E-state index is -0.447. The molecular formula is C25H27N5O2. The van der Waals surface area contributed by atoms with Crippen molar-refractivity contribution >= 4 is 16.8 Å². The highest BCUT2D eigenvalue weighted by Gasteiger charge is 2.25. The van der Waals surface area contributed by atoms with Crippen molar-refractivity contribution in [3.05, 3.63) is 65.6 Å². The molecule has 32 heavy (non-hydrogen) atoms. The summed E-state index contributed by atoms with van der Waals surface area (Å²) < 4.78 is 2.08. The SMILES string of the molecule is CC(C)O.Cc1cccc(-c2nn3c(c2-c2ccnc4ccc(C(N)=O)cc24)CCC3)n1. The molecule has 164 valence electrons. The van der Waals surface area contributed by atoms with Gasteiger partial charge in [0.05, 0.1) is 11.2 Å². The highest BCUT2D eigenvalue weighted by atomic mass is 16.3. The van der Waals surface area contributed by atoms with Gasteiger partial charge >= 0.3 is 0 Å². The van der Waals surface area contributed by atoms with Gasteiger partial charge in [0.25, 0.3) is 0 Å². The van der Waals surface area contributed by atoms with Gasteiger partial charge in [0.1, 0.15) is 5.69 Å². The van der Waals surface area contributed by atoms with Crippen molar-refractivity contribution in [3.63, 3.8) is 0 Å². The first-order chi connectivity index (χ1) is 15.3. The van der Waals surface area contributed by atoms with Crippen molar-refractivity contribution in [2.45, 2.75) is 46.3 Å². The van der Waals surface area contributed by atoms with E-state index < -0.39 is 5.91 Å². The van der Waals surface area contributed by atoms with Gasteiger partial charge in [0, 0.05) is 46.7 Å². The lowest BCUT2D eigenvalue weighted by molar-refractivity contribution is 0.100. The van der Waals surface area contributed by atoms with Crippen LogP contribution in [0.1, 0.15) is 42.0 Å². The van der Waals surface area contributed by atoms with Crippen LogP contribution in [0.25, 0.3) is 33.4 Å². The standard InChI is InChI=1S/C22H19N5O.C3H8O/c1-13-4-2-5-18(25-13)21-20(19-6-3-11-27(19)26-21)15-9-10-24-17-8-7-14(22(23)28)12-16(15)17;1-3(2)4/h2,4-5,7-10,12H,3,6,11H2,1H3,(H2,23,28);3-4H,1-2H3. The van der Waals surface area contributed by atoms with Crippen LogP contribution in [-0.2, 0) is 13.0 Å². The number of hydrogen-bond acceptors (Lipinski definition) is 5. The number of nitrogens with zero attached hydrogens (tertiary/aromatic N) is 4. The van der Waals surface area contributed by atoms with E-state index in [0.29, 0.717) is 5.56 Å². The third kappa shape index (κ3) is 4.24. The lowest BCUT2D eigenvalue weighted by atomic mass is 9.95. The fourth-order valence-electron chi connectivity index (χ4n) is 3.99. The van der Waals surface area contributed by atoms with Crippen LogP contribution >= 0.6 is 0 Å². The number of amides is 1. The summed E-state index contributed by atoms with van der Waals surface area (Å²) in [6.45, 7) is 6.33. The smallest absolute Gasteiger partial charge is 0.248 e. The van der Waals surface area contributed by atoms with Crippen LogP contribution in [0.2, 0.25) is 0 Å². The molecule has 7 heteroatoms. The van der Waals surface area contributed by atoms with Crippen molar-refractivity contribution in [1.29, 1.82) is 0 Å². The molecule has 1 aliphatic heterocycles. The second-order valence-electron chi connectivity index (χ2n) is 8.21. The van der Waals surface area contributed by atoms with E-state index in [1.54, 1.807) is 26.1 Å². The summed E-state index contributed by atoms with van der Waals surface area (Å²) in [6, 6.07) is 13.3. The summed E-state index contributed by atoms with van der Waals surface area (Å²) in [6.07, 6.45) is 3.67. The Labute approximate surface area is 186 Å². The number of carbonyl (C=O) groups excluding carboxylic acids is 1. The number of rotatable bonds is 3. The van der Waals surface area contributed by atoms with Crippen molar-refractivity contribution in [2.24, 2.45) is 5.73 Å². The van der Waals surface area contributed by atoms with E-state index in [-0.39, 0.29) is 6.10 Å². The lowest BCUT2D eigenvalue weighted by Crippen LogP contribution is -2.10. The van der Waals surface area contributed by atoms with Gasteiger partial charge in [-0.1, -0.05) is 6.07 Å². The molecule has 0 radical (unpaired) electrons. The number of aromatic nitrogens is 4. The van der Waals surface area contributed by atoms with Gasteiger partial charge in [-0.3, -0.25) is 19.4 Å². The van der Waals surface area contributed by atoms with Crippen LogP contribution in [-0.4, -0.2) is 36.9 Å². The van der Waals surface area contributed by atoms with Crippen LogP contribution in [0.3, 0.4) is 0 Å². The third-order valence-corrected chi connectivity index (χ3v) is 5.27. The molecule has 1 aliphatic rings. The number of aryl methyl sites for hydroxylation is 2. The Kier molecular flexibility index (Phi) is 6.01. The molecule has 0 fully saturated rings. The maximum atomic E-state index is 11.7. The molecule has 0 unspecified atom stereocenters. The van der Waals surface area contributed by atoms with Gasteiger partial charge in [0.2, 0.25) is 5.91 Å². The normalized spacial score (nSPS) is 12.5. The topological polar surface area (TPSA) is 107 Å². The summed E-state index contributed by atoms with van der Waals surface area (Å²) >= 11 is 0. The average Bonchev–Trinajstić information content (AvgIpc) is 3.34. The van der Waals surface area contributed by atoms with Crippen LogP contribution in [0, 0.1) is 6.92 Å². The molecule has 1 aromatic carbocycles. The minimum Gasteiger partial charge on any atom is -0.394 e. The van der Waals surface area contributed by atoms with Crippen molar-refractivity contribution < 1.29 is 9.90 Å². The fraction of sp³-hybridized carbons (Fsp3) is 0.280. The van der Waals surface area contributed by atoms with E-state index in [1.165, 1.54) is 5.69 Å². The Balaban J connectivity index is 0.000000567. The number of nitrogens with two attached hydrogens (primary N) is 1. The molecule has 4 heterocycles. The van der Waals surface area contributed by atoms with E-state index in [9.17, 15) is 4.79 Å². The van der Waals surface area contributed by atoms with Crippen LogP contribution in [0.4, 0.5) is 0 Å². The second-order valence-corrected chi connectivity index (χ2v) is 8.21. The van der Waals surface area contributed by atoms with E-state index in [1.807, 2.05) is 43.3 Å². The van der Waals surface area contributed by atoms with Crippen molar-refractivity contribution in [1.82, 2.24) is 19.7 Å². The van der Waals surface area contributed by atoms with Gasteiger partial charge in [-0.15, -0.1) is 0 Å². The number of carbonyl (C=O) groups is 1. The summed E-state index contributed by atoms with van der Waals surface area (Å²) in [7, 11) is 0. The monoisotopic (exact) mass is 429 g/mol. The zero-order chi connectivity index (χ0) is 22.8. The van der Waals surface area contributed by atoms with Crippen LogP contribution in [0.15, 0.2) is 48.7 Å². The van der Waals surface area contributed by atoms with Crippen LogP contribution in [0.5, 0.6) is 0 Å². The molecule has 5 rings (SSSR count). The number of fused-ring (bicyclic) bond motifs is 2. The third-order valence-electron chi connectivity index (χ3n) is 5.27. The maximum absolute atomic E-state index is 11.7. The lowest BCUT2D eigenvalue weighted by Gasteiger charge is -2.10. The molecule has 0 bridgehead atoms. The van der Waals surface area contributed by atoms with Gasteiger partial charge < -0.3 is 10.8 Å². The molecule has 3 N–H and O–H groups in total. The Hall–Kier alpha value is -3.58. The van der Waals surface area contributed by atoms with Crippen molar-refractivity contribution in [2.75, 3.05) is 0 Å². The van der Waals surface area contributed by atoms with E-state index in [2.05, 4.69) is 9.67 Å². The Morgan fingerprint density at radius 1 is 1.19 bits per heavy atom. The molecule has 0 saturated carbocycles. The zero-order valence-electron chi connectivity index (χ0n) is 18.5. The molecular weight excluding hydrogens is 402 g/mol. The first kappa shape index (κ1) is 21.6. The summed E-state index contributed by atoms with van der Waals surface area (Å²) in [5, 5.41) is 13.8. The predicted octanol–water partition coefficient (Wildman–Crippen LogP) is 3.90. The molecule has 3 aromatic heterocycles. The van der Waals surface area contributed by atoms with E-state index in [0.717, 1.165) is 58.5 Å². The highest BCUT2D eigenvalue weighted by Crippen LogP contribution is 2.39. The Bertz CT molecular complexity index is 1290. The number of pyridine rings is 2. The molecule has 0 spiro atoms. The first-order valence-electron chi connectivity index (χ1n) is 10.8. The average molecular weight is 430 g/mol. The number of primary amides is 1. The largest absolute Gasteiger partial charge is 0.394 e. The molecule has 7 nitrogen and oxygen atoms in total. The van der Waals surface area contributed by atoms with E-state index >= 15 is 0 Å².